The van der Waals surface area contributed by atoms with Crippen LogP contribution in [-0.2, 0) is 6.18 Å². The van der Waals surface area contributed by atoms with Crippen molar-refractivity contribution in [3.8, 4) is 23.1 Å². The Morgan fingerprint density at radius 3 is 2.38 bits per heavy atom. The van der Waals surface area contributed by atoms with Crippen molar-refractivity contribution in [2.45, 2.75) is 6.18 Å². The van der Waals surface area contributed by atoms with Gasteiger partial charge >= 0.3 is 6.18 Å². The Hall–Kier alpha value is -3.93. The fraction of sp³-hybridized carbons (Fsp3) is 0.0357. The van der Waals surface area contributed by atoms with Gasteiger partial charge in [-0.2, -0.15) is 13.2 Å². The van der Waals surface area contributed by atoms with Crippen molar-refractivity contribution in [3.63, 3.8) is 0 Å². The van der Waals surface area contributed by atoms with E-state index < -0.39 is 23.2 Å². The van der Waals surface area contributed by atoms with Gasteiger partial charge in [-0.1, -0.05) is 45.7 Å². The molecule has 1 aliphatic rings. The van der Waals surface area contributed by atoms with E-state index in [2.05, 4.69) is 25.9 Å². The van der Waals surface area contributed by atoms with Crippen LogP contribution < -0.4 is 10.3 Å². The van der Waals surface area contributed by atoms with E-state index in [1.165, 1.54) is 22.8 Å². The fourth-order valence-electron chi connectivity index (χ4n) is 3.92. The van der Waals surface area contributed by atoms with E-state index in [0.29, 0.717) is 17.2 Å². The molecule has 0 amide bonds. The number of hydrogen-bond acceptors (Lipinski definition) is 5. The number of aromatic hydroxyl groups is 1. The maximum Gasteiger partial charge on any atom is 0.416 e. The molecule has 0 saturated carbocycles. The lowest BCUT2D eigenvalue weighted by molar-refractivity contribution is -0.137. The molecule has 0 atom stereocenters. The van der Waals surface area contributed by atoms with E-state index in [-0.39, 0.29) is 36.8 Å². The highest BCUT2D eigenvalue weighted by molar-refractivity contribution is 9.10. The maximum atomic E-state index is 13.1. The highest BCUT2D eigenvalue weighted by Gasteiger charge is 2.32. The summed E-state index contributed by atoms with van der Waals surface area (Å²) in [4.78, 5) is 19.6. The summed E-state index contributed by atoms with van der Waals surface area (Å²) in [5.41, 5.74) is -0.437. The van der Waals surface area contributed by atoms with Crippen molar-refractivity contribution >= 4 is 51.5 Å². The average Bonchev–Trinajstić information content (AvgIpc) is 3.35. The van der Waals surface area contributed by atoms with Gasteiger partial charge in [0.15, 0.2) is 4.77 Å². The van der Waals surface area contributed by atoms with Crippen LogP contribution in [0.5, 0.6) is 17.4 Å². The number of aromatic amines is 1. The zero-order valence-electron chi connectivity index (χ0n) is 20.0. The second-order valence-electron chi connectivity index (χ2n) is 8.45. The lowest BCUT2D eigenvalue weighted by atomic mass is 10.1. The third-order valence-electron chi connectivity index (χ3n) is 5.77. The lowest BCUT2D eigenvalue weighted by Gasteiger charge is -2.12. The molecule has 12 heteroatoms. The van der Waals surface area contributed by atoms with Crippen molar-refractivity contribution in [1.29, 1.82) is 0 Å². The number of para-hydroxylation sites is 1. The minimum Gasteiger partial charge on any atom is -0.494 e. The Kier molecular flexibility index (Phi) is 7.54. The molecule has 0 fully saturated rings. The van der Waals surface area contributed by atoms with Crippen LogP contribution in [-0.4, -0.2) is 20.4 Å². The number of aliphatic imine (C=N–C) groups is 1. The molecule has 0 bridgehead atoms. The van der Waals surface area contributed by atoms with Crippen LogP contribution in [0.4, 0.5) is 13.2 Å². The Balaban J connectivity index is 1.48. The summed E-state index contributed by atoms with van der Waals surface area (Å²) in [6.45, 7) is 0. The van der Waals surface area contributed by atoms with Gasteiger partial charge in [-0.25, -0.2) is 4.99 Å². The molecular weight excluding hydrogens is 631 g/mol. The van der Waals surface area contributed by atoms with Crippen molar-refractivity contribution in [2.24, 2.45) is 4.99 Å². The summed E-state index contributed by atoms with van der Waals surface area (Å²) in [6.07, 6.45) is -0.154. The molecule has 1 aliphatic heterocycles. The highest BCUT2D eigenvalue weighted by Crippen LogP contribution is 2.37. The molecule has 4 aromatic rings. The SMILES string of the molecule is O=c1[nH]c(=S)n(-c2ccc(Oc3ccccc3)cc2)c(O)c1C=C1C=CC(c2c(Cl)cc(C(F)(F)F)cc2Br)=N1. The van der Waals surface area contributed by atoms with Gasteiger partial charge in [0.1, 0.15) is 17.1 Å². The van der Waals surface area contributed by atoms with E-state index in [9.17, 15) is 23.1 Å². The van der Waals surface area contributed by atoms with Gasteiger partial charge in [-0.05, 0) is 79.0 Å². The monoisotopic (exact) mass is 645 g/mol. The fourth-order valence-corrected chi connectivity index (χ4v) is 5.30. The van der Waals surface area contributed by atoms with Crippen LogP contribution in [0, 0.1) is 4.77 Å². The molecular formula is C28H16BrClF3N3O3S. The van der Waals surface area contributed by atoms with Crippen molar-refractivity contribution in [1.82, 2.24) is 9.55 Å². The number of allylic oxidation sites excluding steroid dienone is 2. The first-order chi connectivity index (χ1) is 19.0. The Bertz CT molecular complexity index is 1810. The topological polar surface area (TPSA) is 79.6 Å². The number of ether oxygens (including phenoxy) is 1. The predicted molar refractivity (Wildman–Crippen MR) is 153 cm³/mol. The molecule has 3 aromatic carbocycles. The predicted octanol–water partition coefficient (Wildman–Crippen LogP) is 8.23. The van der Waals surface area contributed by atoms with E-state index in [1.807, 2.05) is 30.3 Å². The summed E-state index contributed by atoms with van der Waals surface area (Å²) >= 11 is 14.6. The maximum absolute atomic E-state index is 13.1. The summed E-state index contributed by atoms with van der Waals surface area (Å²) in [7, 11) is 0. The number of H-pyrrole nitrogens is 1. The van der Waals surface area contributed by atoms with Gasteiger partial charge in [-0.15, -0.1) is 0 Å². The zero-order chi connectivity index (χ0) is 28.6. The van der Waals surface area contributed by atoms with E-state index in [1.54, 1.807) is 24.3 Å². The van der Waals surface area contributed by atoms with E-state index in [0.717, 1.165) is 12.1 Å². The first kappa shape index (κ1) is 27.6. The van der Waals surface area contributed by atoms with Crippen LogP contribution in [0.25, 0.3) is 11.8 Å². The quantitative estimate of drug-likeness (QED) is 0.214. The van der Waals surface area contributed by atoms with Crippen LogP contribution in [0.3, 0.4) is 0 Å². The number of alkyl halides is 3. The van der Waals surface area contributed by atoms with Gasteiger partial charge in [0.2, 0.25) is 5.88 Å². The number of halogens is 5. The normalized spacial score (nSPS) is 14.0. The van der Waals surface area contributed by atoms with Crippen LogP contribution in [0.1, 0.15) is 16.7 Å². The number of hydrogen-bond donors (Lipinski definition) is 2. The molecule has 0 spiro atoms. The molecule has 2 N–H and O–H groups in total. The van der Waals surface area contributed by atoms with Gasteiger partial charge in [0, 0.05) is 10.0 Å². The number of nitrogens with zero attached hydrogens (tertiary/aromatic N) is 2. The molecule has 0 aliphatic carbocycles. The third-order valence-corrected chi connectivity index (χ3v) is 6.98. The standard InChI is InChI=1S/C28H16BrClF3N3O3S/c29-21-12-15(28(31,32)33)13-22(30)24(21)23-11-6-16(34-23)14-20-25(37)35-27(40)36(26(20)38)17-7-9-19(10-8-17)39-18-4-2-1-3-5-18/h1-14,38H,(H,35,37,40). The number of nitrogens with one attached hydrogen (secondary N) is 1. The van der Waals surface area contributed by atoms with Gasteiger partial charge in [0.05, 0.1) is 27.7 Å². The molecule has 1 aromatic heterocycles. The van der Waals surface area contributed by atoms with Gasteiger partial charge in [-0.3, -0.25) is 14.3 Å². The zero-order valence-corrected chi connectivity index (χ0v) is 23.2. The Morgan fingerprint density at radius 1 is 1.05 bits per heavy atom. The van der Waals surface area contributed by atoms with Gasteiger partial charge < -0.3 is 9.84 Å². The largest absolute Gasteiger partial charge is 0.494 e. The van der Waals surface area contributed by atoms with Crippen LogP contribution >= 0.6 is 39.7 Å². The first-order valence-corrected chi connectivity index (χ1v) is 13.1. The third kappa shape index (κ3) is 5.67. The number of benzene rings is 3. The summed E-state index contributed by atoms with van der Waals surface area (Å²) in [5.74, 6) is 0.782. The summed E-state index contributed by atoms with van der Waals surface area (Å²) in [5, 5.41) is 10.9. The molecule has 2 heterocycles. The lowest BCUT2D eigenvalue weighted by Crippen LogP contribution is -2.16. The van der Waals surface area contributed by atoms with Crippen LogP contribution in [0.2, 0.25) is 5.02 Å². The van der Waals surface area contributed by atoms with E-state index >= 15 is 0 Å². The highest BCUT2D eigenvalue weighted by atomic mass is 79.9. The minimum absolute atomic E-state index is 0.0343. The number of rotatable bonds is 5. The van der Waals surface area contributed by atoms with Crippen molar-refractivity contribution < 1.29 is 23.0 Å². The molecule has 202 valence electrons. The number of aromatic nitrogens is 2. The molecule has 5 rings (SSSR count). The first-order valence-electron chi connectivity index (χ1n) is 11.5. The molecule has 0 radical (unpaired) electrons. The Morgan fingerprint density at radius 2 is 1.73 bits per heavy atom. The molecule has 0 unspecified atom stereocenters. The smallest absolute Gasteiger partial charge is 0.416 e. The van der Waals surface area contributed by atoms with Crippen molar-refractivity contribution in [2.75, 3.05) is 0 Å². The Labute approximate surface area is 243 Å². The van der Waals surface area contributed by atoms with Crippen LogP contribution in [0.15, 0.2) is 98.8 Å². The molecule has 6 nitrogen and oxygen atoms in total. The second-order valence-corrected chi connectivity index (χ2v) is 10.1. The molecule has 0 saturated heterocycles. The molecule has 40 heavy (non-hydrogen) atoms. The van der Waals surface area contributed by atoms with Gasteiger partial charge in [0.25, 0.3) is 5.56 Å². The average molecular weight is 647 g/mol. The summed E-state index contributed by atoms with van der Waals surface area (Å²) in [6, 6.07) is 17.6. The minimum atomic E-state index is -4.57. The van der Waals surface area contributed by atoms with E-state index in [4.69, 9.17) is 28.6 Å². The second kappa shape index (κ2) is 10.9. The van der Waals surface area contributed by atoms with Crippen molar-refractivity contribution in [3.05, 3.63) is 126 Å². The summed E-state index contributed by atoms with van der Waals surface area (Å²) < 4.78 is 46.5.